The van der Waals surface area contributed by atoms with E-state index in [9.17, 15) is 14.8 Å². The number of benzene rings is 1. The van der Waals surface area contributed by atoms with E-state index in [1.54, 1.807) is 38.2 Å². The molecule has 0 atom stereocenters. The molecule has 0 fully saturated rings. The van der Waals surface area contributed by atoms with Crippen LogP contribution >= 0.6 is 0 Å². The molecule has 0 saturated heterocycles. The van der Waals surface area contributed by atoms with Crippen molar-refractivity contribution in [1.29, 1.82) is 0 Å². The van der Waals surface area contributed by atoms with Crippen molar-refractivity contribution >= 4 is 23.3 Å². The fourth-order valence-corrected chi connectivity index (χ4v) is 3.71. The van der Waals surface area contributed by atoms with Gasteiger partial charge in [0, 0.05) is 24.6 Å². The first-order chi connectivity index (χ1) is 13.2. The lowest BCUT2D eigenvalue weighted by Crippen LogP contribution is -2.28. The maximum Gasteiger partial charge on any atom is 0.339 e. The van der Waals surface area contributed by atoms with Crippen molar-refractivity contribution in [1.82, 2.24) is 0 Å². The SMILES string of the molecule is COC(=O)c1ccccc1N(C)C(=O)c1oc2c(c1C)/C(=N\O)CC(C)(C)C2. The Morgan fingerprint density at radius 1 is 1.25 bits per heavy atom. The third-order valence-corrected chi connectivity index (χ3v) is 5.08. The molecule has 1 aromatic heterocycles. The minimum Gasteiger partial charge on any atom is -0.465 e. The molecule has 1 aliphatic carbocycles. The summed E-state index contributed by atoms with van der Waals surface area (Å²) < 4.78 is 10.7. The molecule has 0 bridgehead atoms. The quantitative estimate of drug-likeness (QED) is 0.494. The highest BCUT2D eigenvalue weighted by atomic mass is 16.5. The summed E-state index contributed by atoms with van der Waals surface area (Å²) in [6.07, 6.45) is 1.23. The van der Waals surface area contributed by atoms with E-state index in [1.165, 1.54) is 12.0 Å². The number of anilines is 1. The molecule has 1 heterocycles. The van der Waals surface area contributed by atoms with Crippen LogP contribution < -0.4 is 4.90 Å². The van der Waals surface area contributed by atoms with Gasteiger partial charge in [-0.25, -0.2) is 4.79 Å². The van der Waals surface area contributed by atoms with Crippen molar-refractivity contribution in [3.8, 4) is 0 Å². The summed E-state index contributed by atoms with van der Waals surface area (Å²) in [6.45, 7) is 5.89. The summed E-state index contributed by atoms with van der Waals surface area (Å²) in [5, 5.41) is 12.9. The van der Waals surface area contributed by atoms with Crippen molar-refractivity contribution in [3.05, 3.63) is 52.5 Å². The zero-order chi connectivity index (χ0) is 20.6. The summed E-state index contributed by atoms with van der Waals surface area (Å²) in [7, 11) is 2.87. The first-order valence-electron chi connectivity index (χ1n) is 8.99. The number of fused-ring (bicyclic) bond motifs is 1. The molecule has 28 heavy (non-hydrogen) atoms. The Kier molecular flexibility index (Phi) is 5.02. The lowest BCUT2D eigenvalue weighted by Gasteiger charge is -2.28. The van der Waals surface area contributed by atoms with Crippen molar-refractivity contribution in [2.75, 3.05) is 19.1 Å². The van der Waals surface area contributed by atoms with E-state index in [0.717, 1.165) is 0 Å². The van der Waals surface area contributed by atoms with Crippen LogP contribution in [0, 0.1) is 12.3 Å². The van der Waals surface area contributed by atoms with Crippen molar-refractivity contribution < 1.29 is 24.0 Å². The Morgan fingerprint density at radius 2 is 1.93 bits per heavy atom. The normalized spacial score (nSPS) is 16.5. The van der Waals surface area contributed by atoms with E-state index in [1.807, 2.05) is 0 Å². The van der Waals surface area contributed by atoms with Gasteiger partial charge in [-0.05, 0) is 30.9 Å². The van der Waals surface area contributed by atoms with Gasteiger partial charge in [-0.1, -0.05) is 31.1 Å². The summed E-state index contributed by atoms with van der Waals surface area (Å²) in [5.41, 5.74) is 2.41. The number of carbonyl (C=O) groups is 2. The van der Waals surface area contributed by atoms with E-state index >= 15 is 0 Å². The smallest absolute Gasteiger partial charge is 0.339 e. The van der Waals surface area contributed by atoms with E-state index in [4.69, 9.17) is 9.15 Å². The average molecular weight is 384 g/mol. The molecular formula is C21H24N2O5. The molecule has 0 radical (unpaired) electrons. The molecule has 1 amide bonds. The first-order valence-corrected chi connectivity index (χ1v) is 8.99. The van der Waals surface area contributed by atoms with Crippen LogP contribution in [0.3, 0.4) is 0 Å². The molecule has 7 nitrogen and oxygen atoms in total. The van der Waals surface area contributed by atoms with Crippen molar-refractivity contribution in [2.45, 2.75) is 33.6 Å². The van der Waals surface area contributed by atoms with E-state index in [0.29, 0.717) is 41.1 Å². The molecule has 0 saturated carbocycles. The number of ether oxygens (including phenoxy) is 1. The molecule has 3 rings (SSSR count). The van der Waals surface area contributed by atoms with Crippen LogP contribution in [0.15, 0.2) is 33.8 Å². The highest BCUT2D eigenvalue weighted by molar-refractivity contribution is 6.11. The van der Waals surface area contributed by atoms with Crippen LogP contribution in [0.2, 0.25) is 0 Å². The van der Waals surface area contributed by atoms with E-state index in [-0.39, 0.29) is 16.7 Å². The van der Waals surface area contributed by atoms with Gasteiger partial charge in [0.2, 0.25) is 0 Å². The zero-order valence-electron chi connectivity index (χ0n) is 16.7. The Labute approximate surface area is 163 Å². The molecule has 0 aliphatic heterocycles. The lowest BCUT2D eigenvalue weighted by atomic mass is 9.75. The monoisotopic (exact) mass is 384 g/mol. The van der Waals surface area contributed by atoms with Crippen molar-refractivity contribution in [3.63, 3.8) is 0 Å². The van der Waals surface area contributed by atoms with Crippen LogP contribution in [0.5, 0.6) is 0 Å². The number of para-hydroxylation sites is 1. The second kappa shape index (κ2) is 7.14. The maximum absolute atomic E-state index is 13.2. The standard InChI is InChI=1S/C21H24N2O5/c1-12-17-14(22-26)10-21(2,3)11-16(17)28-18(12)19(24)23(4)15-9-7-6-8-13(15)20(25)27-5/h6-9,26H,10-11H2,1-5H3/b22-14-. The third-order valence-electron chi connectivity index (χ3n) is 5.08. The van der Waals surface area contributed by atoms with Crippen LogP contribution in [0.1, 0.15) is 58.1 Å². The minimum absolute atomic E-state index is 0.136. The fourth-order valence-electron chi connectivity index (χ4n) is 3.71. The second-order valence-electron chi connectivity index (χ2n) is 7.79. The van der Waals surface area contributed by atoms with Gasteiger partial charge < -0.3 is 19.3 Å². The Balaban J connectivity index is 2.04. The van der Waals surface area contributed by atoms with Gasteiger partial charge in [0.05, 0.1) is 24.1 Å². The van der Waals surface area contributed by atoms with Crippen LogP contribution in [-0.4, -0.2) is 37.0 Å². The lowest BCUT2D eigenvalue weighted by molar-refractivity contribution is 0.0601. The fraction of sp³-hybridized carbons (Fsp3) is 0.381. The highest BCUT2D eigenvalue weighted by Gasteiger charge is 2.37. The molecule has 0 spiro atoms. The number of esters is 1. The maximum atomic E-state index is 13.2. The molecule has 1 aromatic carbocycles. The number of furan rings is 1. The summed E-state index contributed by atoms with van der Waals surface area (Å²) in [5.74, 6) is -0.105. The Hall–Kier alpha value is -3.09. The molecule has 0 unspecified atom stereocenters. The van der Waals surface area contributed by atoms with Gasteiger partial charge >= 0.3 is 5.97 Å². The Bertz CT molecular complexity index is 971. The van der Waals surface area contributed by atoms with Gasteiger partial charge in [0.25, 0.3) is 5.91 Å². The molecule has 1 aliphatic rings. The van der Waals surface area contributed by atoms with Gasteiger partial charge in [-0.15, -0.1) is 0 Å². The number of carbonyl (C=O) groups excluding carboxylic acids is 2. The molecule has 7 heteroatoms. The Morgan fingerprint density at radius 3 is 2.57 bits per heavy atom. The largest absolute Gasteiger partial charge is 0.465 e. The summed E-state index contributed by atoms with van der Waals surface area (Å²) in [4.78, 5) is 26.6. The summed E-state index contributed by atoms with van der Waals surface area (Å²) >= 11 is 0. The highest BCUT2D eigenvalue weighted by Crippen LogP contribution is 2.39. The summed E-state index contributed by atoms with van der Waals surface area (Å²) in [6, 6.07) is 6.72. The molecule has 2 aromatic rings. The number of rotatable bonds is 3. The topological polar surface area (TPSA) is 92.3 Å². The predicted molar refractivity (Wildman–Crippen MR) is 104 cm³/mol. The molecule has 1 N–H and O–H groups in total. The number of hydrogen-bond acceptors (Lipinski definition) is 6. The van der Waals surface area contributed by atoms with Gasteiger partial charge in [0.1, 0.15) is 5.76 Å². The average Bonchev–Trinajstić information content (AvgIpc) is 3.00. The van der Waals surface area contributed by atoms with Crippen LogP contribution in [-0.2, 0) is 11.2 Å². The van der Waals surface area contributed by atoms with Crippen LogP contribution in [0.25, 0.3) is 0 Å². The number of methoxy groups -OCH3 is 1. The first kappa shape index (κ1) is 19.7. The van der Waals surface area contributed by atoms with Gasteiger partial charge in [-0.3, -0.25) is 4.79 Å². The van der Waals surface area contributed by atoms with E-state index in [2.05, 4.69) is 19.0 Å². The number of amides is 1. The third kappa shape index (κ3) is 3.28. The predicted octanol–water partition coefficient (Wildman–Crippen LogP) is 3.80. The number of nitrogens with zero attached hydrogens (tertiary/aromatic N) is 2. The van der Waals surface area contributed by atoms with E-state index < -0.39 is 11.9 Å². The second-order valence-corrected chi connectivity index (χ2v) is 7.79. The zero-order valence-corrected chi connectivity index (χ0v) is 16.7. The molecule has 148 valence electrons. The minimum atomic E-state index is -0.526. The molecular weight excluding hydrogens is 360 g/mol. The number of hydrogen-bond donors (Lipinski definition) is 1. The van der Waals surface area contributed by atoms with Gasteiger partial charge in [0.15, 0.2) is 5.76 Å². The van der Waals surface area contributed by atoms with Gasteiger partial charge in [-0.2, -0.15) is 0 Å². The van der Waals surface area contributed by atoms with Crippen LogP contribution in [0.4, 0.5) is 5.69 Å². The van der Waals surface area contributed by atoms with Crippen molar-refractivity contribution in [2.24, 2.45) is 10.6 Å². The number of oxime groups is 1.